The number of amides is 2. The molecule has 0 aliphatic heterocycles. The molecule has 1 aromatic carbocycles. The molecule has 0 saturated heterocycles. The van der Waals surface area contributed by atoms with Gasteiger partial charge < -0.3 is 26.6 Å². The van der Waals surface area contributed by atoms with E-state index in [-0.39, 0.29) is 30.8 Å². The normalized spacial score (nSPS) is 18.5. The summed E-state index contributed by atoms with van der Waals surface area (Å²) < 4.78 is 0. The van der Waals surface area contributed by atoms with Gasteiger partial charge in [0.25, 0.3) is 0 Å². The molecule has 1 aliphatic carbocycles. The smallest absolute Gasteiger partial charge is 0.237 e. The van der Waals surface area contributed by atoms with E-state index in [9.17, 15) is 19.8 Å². The molecule has 9 nitrogen and oxygen atoms in total. The van der Waals surface area contributed by atoms with E-state index in [0.717, 1.165) is 43.4 Å². The fraction of sp³-hybridized carbons (Fsp3) is 0.594. The molecule has 0 bridgehead atoms. The number of benzene rings is 1. The van der Waals surface area contributed by atoms with Gasteiger partial charge >= 0.3 is 0 Å². The predicted molar refractivity (Wildman–Crippen MR) is 161 cm³/mol. The Bertz CT molecular complexity index is 1030. The molecule has 41 heavy (non-hydrogen) atoms. The number of nitrogens with zero attached hydrogens (tertiary/aromatic N) is 1. The average molecular weight is 568 g/mol. The van der Waals surface area contributed by atoms with E-state index in [2.05, 4.69) is 20.9 Å². The predicted octanol–water partition coefficient (Wildman–Crippen LogP) is 2.45. The zero-order chi connectivity index (χ0) is 29.6. The van der Waals surface area contributed by atoms with Crippen LogP contribution in [0.5, 0.6) is 0 Å². The molecule has 9 heteroatoms. The maximum Gasteiger partial charge on any atom is 0.237 e. The lowest BCUT2D eigenvalue weighted by molar-refractivity contribution is -0.125. The Hall–Kier alpha value is -2.85. The van der Waals surface area contributed by atoms with E-state index in [1.165, 1.54) is 6.42 Å². The van der Waals surface area contributed by atoms with Crippen molar-refractivity contribution in [3.05, 3.63) is 66.0 Å². The molecule has 1 saturated carbocycles. The SMILES string of the molecule is CC[C@H](C)[C@H](N[C@H](Cc1ccccc1)[C@@H](O)[C@H](O)[C@H](CC1CCCCC1)NC(=O)CN)C(=O)NCc1ccccn1. The van der Waals surface area contributed by atoms with Crippen molar-refractivity contribution in [2.45, 2.75) is 102 Å². The van der Waals surface area contributed by atoms with Gasteiger partial charge in [-0.2, -0.15) is 0 Å². The van der Waals surface area contributed by atoms with Crippen LogP contribution in [0.3, 0.4) is 0 Å². The molecular formula is C32H49N5O4. The highest BCUT2D eigenvalue weighted by atomic mass is 16.3. The topological polar surface area (TPSA) is 150 Å². The third-order valence-corrected chi connectivity index (χ3v) is 8.38. The molecule has 2 amide bonds. The quantitative estimate of drug-likeness (QED) is 0.182. The number of nitrogens with two attached hydrogens (primary N) is 1. The van der Waals surface area contributed by atoms with Crippen molar-refractivity contribution in [1.82, 2.24) is 20.9 Å². The molecule has 1 aromatic heterocycles. The van der Waals surface area contributed by atoms with Crippen LogP contribution >= 0.6 is 0 Å². The number of rotatable bonds is 16. The van der Waals surface area contributed by atoms with Gasteiger partial charge in [0.05, 0.1) is 37.0 Å². The molecule has 0 radical (unpaired) electrons. The first-order chi connectivity index (χ1) is 19.8. The van der Waals surface area contributed by atoms with E-state index >= 15 is 0 Å². The summed E-state index contributed by atoms with van der Waals surface area (Å²) in [6, 6.07) is 13.3. The molecule has 1 heterocycles. The Morgan fingerprint density at radius 3 is 2.32 bits per heavy atom. The van der Waals surface area contributed by atoms with Crippen LogP contribution in [-0.4, -0.2) is 63.9 Å². The first-order valence-electron chi connectivity index (χ1n) is 15.2. The summed E-state index contributed by atoms with van der Waals surface area (Å²) in [5.74, 6) is -0.244. The first-order valence-corrected chi connectivity index (χ1v) is 15.2. The maximum absolute atomic E-state index is 13.5. The molecule has 6 atom stereocenters. The van der Waals surface area contributed by atoms with Crippen molar-refractivity contribution in [2.24, 2.45) is 17.6 Å². The molecular weight excluding hydrogens is 518 g/mol. The Labute approximate surface area is 244 Å². The van der Waals surface area contributed by atoms with E-state index in [4.69, 9.17) is 5.73 Å². The Balaban J connectivity index is 1.82. The van der Waals surface area contributed by atoms with E-state index in [1.807, 2.05) is 62.4 Å². The van der Waals surface area contributed by atoms with Gasteiger partial charge in [-0.05, 0) is 42.4 Å². The fourth-order valence-electron chi connectivity index (χ4n) is 5.71. The molecule has 3 rings (SSSR count). The molecule has 7 N–H and O–H groups in total. The number of aliphatic hydroxyl groups is 2. The molecule has 0 unspecified atom stereocenters. The van der Waals surface area contributed by atoms with Crippen molar-refractivity contribution < 1.29 is 19.8 Å². The van der Waals surface area contributed by atoms with Crippen molar-refractivity contribution in [3.63, 3.8) is 0 Å². The number of carbonyl (C=O) groups is 2. The number of pyridine rings is 1. The van der Waals surface area contributed by atoms with Crippen LogP contribution in [0.1, 0.15) is 70.1 Å². The van der Waals surface area contributed by atoms with Gasteiger partial charge in [-0.3, -0.25) is 19.9 Å². The highest BCUT2D eigenvalue weighted by Crippen LogP contribution is 2.29. The van der Waals surface area contributed by atoms with Gasteiger partial charge in [0, 0.05) is 12.2 Å². The summed E-state index contributed by atoms with van der Waals surface area (Å²) in [4.78, 5) is 30.1. The van der Waals surface area contributed by atoms with Crippen LogP contribution in [0.25, 0.3) is 0 Å². The maximum atomic E-state index is 13.5. The lowest BCUT2D eigenvalue weighted by Crippen LogP contribution is -2.60. The molecule has 226 valence electrons. The van der Waals surface area contributed by atoms with Gasteiger partial charge in [-0.25, -0.2) is 0 Å². The van der Waals surface area contributed by atoms with Crippen molar-refractivity contribution in [1.29, 1.82) is 0 Å². The first kappa shape index (κ1) is 32.7. The molecule has 1 aliphatic rings. The summed E-state index contributed by atoms with van der Waals surface area (Å²) in [7, 11) is 0. The molecule has 2 aromatic rings. The minimum Gasteiger partial charge on any atom is -0.389 e. The monoisotopic (exact) mass is 567 g/mol. The Kier molecular flexibility index (Phi) is 13.7. The Morgan fingerprint density at radius 2 is 1.68 bits per heavy atom. The van der Waals surface area contributed by atoms with Gasteiger partial charge in [0.15, 0.2) is 0 Å². The highest BCUT2D eigenvalue weighted by Gasteiger charge is 2.37. The van der Waals surface area contributed by atoms with Crippen molar-refractivity contribution in [3.8, 4) is 0 Å². The zero-order valence-electron chi connectivity index (χ0n) is 24.5. The van der Waals surface area contributed by atoms with E-state index < -0.39 is 30.3 Å². The lowest BCUT2D eigenvalue weighted by Gasteiger charge is -2.37. The average Bonchev–Trinajstić information content (AvgIpc) is 3.01. The second kappa shape index (κ2) is 17.2. The summed E-state index contributed by atoms with van der Waals surface area (Å²) >= 11 is 0. The number of aliphatic hydroxyl groups excluding tert-OH is 2. The van der Waals surface area contributed by atoms with Gasteiger partial charge in [0.2, 0.25) is 11.8 Å². The standard InChI is InChI=1S/C32H49N5O4/c1-3-22(2)29(32(41)35-21-25-16-10-11-17-34-25)37-27(19-24-14-8-5-9-15-24)31(40)30(39)26(36-28(38)20-33)18-23-12-6-4-7-13-23/h5,8-11,14-17,22-23,26-27,29-31,37,39-40H,3-4,6-7,12-13,18-21,33H2,1-2H3,(H,35,41)(H,36,38)/t22-,26-,27+,29-,30+,31+/m0/s1. The zero-order valence-corrected chi connectivity index (χ0v) is 24.5. The van der Waals surface area contributed by atoms with Crippen LogP contribution in [-0.2, 0) is 22.6 Å². The number of nitrogens with one attached hydrogen (secondary N) is 3. The molecule has 0 spiro atoms. The summed E-state index contributed by atoms with van der Waals surface area (Å²) in [5, 5.41) is 32.5. The Morgan fingerprint density at radius 1 is 1.00 bits per heavy atom. The van der Waals surface area contributed by atoms with Crippen LogP contribution in [0.2, 0.25) is 0 Å². The van der Waals surface area contributed by atoms with Crippen LogP contribution in [0.15, 0.2) is 54.7 Å². The fourth-order valence-corrected chi connectivity index (χ4v) is 5.71. The van der Waals surface area contributed by atoms with Crippen molar-refractivity contribution in [2.75, 3.05) is 6.54 Å². The summed E-state index contributed by atoms with van der Waals surface area (Å²) in [5.41, 5.74) is 7.30. The van der Waals surface area contributed by atoms with Crippen LogP contribution in [0, 0.1) is 11.8 Å². The van der Waals surface area contributed by atoms with Gasteiger partial charge in [-0.15, -0.1) is 0 Å². The molecule has 1 fully saturated rings. The summed E-state index contributed by atoms with van der Waals surface area (Å²) in [6.07, 6.45) is 6.42. The van der Waals surface area contributed by atoms with Gasteiger partial charge in [-0.1, -0.05) is 88.8 Å². The second-order valence-corrected chi connectivity index (χ2v) is 11.5. The van der Waals surface area contributed by atoms with Gasteiger partial charge in [0.1, 0.15) is 6.10 Å². The minimum atomic E-state index is -1.25. The van der Waals surface area contributed by atoms with Crippen molar-refractivity contribution >= 4 is 11.8 Å². The van der Waals surface area contributed by atoms with Crippen LogP contribution in [0.4, 0.5) is 0 Å². The summed E-state index contributed by atoms with van der Waals surface area (Å²) in [6.45, 7) is 4.11. The minimum absolute atomic E-state index is 0.0451. The lowest BCUT2D eigenvalue weighted by atomic mass is 9.82. The number of carbonyl (C=O) groups excluding carboxylic acids is 2. The number of hydrogen-bond acceptors (Lipinski definition) is 7. The van der Waals surface area contributed by atoms with Crippen LogP contribution < -0.4 is 21.7 Å². The highest BCUT2D eigenvalue weighted by molar-refractivity contribution is 5.82. The largest absolute Gasteiger partial charge is 0.389 e. The van der Waals surface area contributed by atoms with E-state index in [1.54, 1.807) is 6.20 Å². The third kappa shape index (κ3) is 10.5. The van der Waals surface area contributed by atoms with E-state index in [0.29, 0.717) is 18.8 Å². The number of hydrogen-bond donors (Lipinski definition) is 6. The number of aromatic nitrogens is 1. The third-order valence-electron chi connectivity index (χ3n) is 8.38. The second-order valence-electron chi connectivity index (χ2n) is 11.5.